The Morgan fingerprint density at radius 2 is 2.22 bits per heavy atom. The van der Waals surface area contributed by atoms with Crippen LogP contribution in [0.4, 0.5) is 4.79 Å². The van der Waals surface area contributed by atoms with Crippen molar-refractivity contribution in [2.45, 2.75) is 38.3 Å². The fourth-order valence-corrected chi connectivity index (χ4v) is 3.31. The molecule has 9 heteroatoms. The van der Waals surface area contributed by atoms with Gasteiger partial charge < -0.3 is 10.2 Å². The lowest BCUT2D eigenvalue weighted by Crippen LogP contribution is -2.49. The van der Waals surface area contributed by atoms with Crippen molar-refractivity contribution in [3.8, 4) is 0 Å². The maximum atomic E-state index is 12.4. The third-order valence-electron chi connectivity index (χ3n) is 4.07. The minimum Gasteiger partial charge on any atom is -0.332 e. The average molecular weight is 343 g/mol. The summed E-state index contributed by atoms with van der Waals surface area (Å²) in [6.45, 7) is 1.50. The predicted octanol–water partition coefficient (Wildman–Crippen LogP) is 0.424. The molecule has 1 saturated heterocycles. The van der Waals surface area contributed by atoms with Gasteiger partial charge in [-0.05, 0) is 31.7 Å². The molecule has 0 spiro atoms. The number of amides is 2. The zero-order valence-electron chi connectivity index (χ0n) is 13.7. The zero-order valence-corrected chi connectivity index (χ0v) is 14.5. The van der Waals surface area contributed by atoms with Gasteiger partial charge in [0.1, 0.15) is 0 Å². The molecule has 1 fully saturated rings. The molecule has 1 atom stereocenters. The highest BCUT2D eigenvalue weighted by molar-refractivity contribution is 7.88. The normalized spacial score (nSPS) is 18.9. The van der Waals surface area contributed by atoms with Gasteiger partial charge in [-0.1, -0.05) is 0 Å². The standard InChI is InChI=1S/C14H25N5O3S/c1-18-13(6-8-16-18)11-15-14(20)19-10-4-3-5-12(19)7-9-17-23(2,21)22/h6,8,12,17H,3-5,7,9-11H2,1-2H3,(H,15,20). The van der Waals surface area contributed by atoms with Crippen molar-refractivity contribution < 1.29 is 13.2 Å². The van der Waals surface area contributed by atoms with E-state index in [0.717, 1.165) is 31.2 Å². The van der Waals surface area contributed by atoms with E-state index in [1.165, 1.54) is 0 Å². The van der Waals surface area contributed by atoms with Crippen molar-refractivity contribution in [2.75, 3.05) is 19.3 Å². The van der Waals surface area contributed by atoms with Crippen LogP contribution in [0, 0.1) is 0 Å². The fourth-order valence-electron chi connectivity index (χ4n) is 2.82. The van der Waals surface area contributed by atoms with Crippen LogP contribution in [0.5, 0.6) is 0 Å². The van der Waals surface area contributed by atoms with Gasteiger partial charge in [-0.2, -0.15) is 5.10 Å². The number of nitrogens with one attached hydrogen (secondary N) is 2. The molecule has 23 heavy (non-hydrogen) atoms. The highest BCUT2D eigenvalue weighted by atomic mass is 32.2. The molecule has 1 aliphatic rings. The molecule has 2 amide bonds. The lowest BCUT2D eigenvalue weighted by Gasteiger charge is -2.35. The number of rotatable bonds is 6. The van der Waals surface area contributed by atoms with E-state index in [1.54, 1.807) is 10.9 Å². The SMILES string of the molecule is Cn1nccc1CNC(=O)N1CCCCC1CCNS(C)(=O)=O. The molecule has 2 heterocycles. The van der Waals surface area contributed by atoms with Crippen LogP contribution in [0.1, 0.15) is 31.4 Å². The fraction of sp³-hybridized carbons (Fsp3) is 0.714. The van der Waals surface area contributed by atoms with Crippen molar-refractivity contribution in [1.29, 1.82) is 0 Å². The number of hydrogen-bond donors (Lipinski definition) is 2. The Kier molecular flexibility index (Phi) is 6.00. The summed E-state index contributed by atoms with van der Waals surface area (Å²) >= 11 is 0. The Morgan fingerprint density at radius 1 is 1.43 bits per heavy atom. The minimum absolute atomic E-state index is 0.0736. The van der Waals surface area contributed by atoms with E-state index in [2.05, 4.69) is 15.1 Å². The Balaban J connectivity index is 1.86. The van der Waals surface area contributed by atoms with Gasteiger partial charge in [0.05, 0.1) is 18.5 Å². The van der Waals surface area contributed by atoms with Crippen molar-refractivity contribution in [3.05, 3.63) is 18.0 Å². The van der Waals surface area contributed by atoms with Gasteiger partial charge in [0.25, 0.3) is 0 Å². The van der Waals surface area contributed by atoms with Crippen molar-refractivity contribution in [3.63, 3.8) is 0 Å². The average Bonchev–Trinajstić information content (AvgIpc) is 2.89. The van der Waals surface area contributed by atoms with E-state index >= 15 is 0 Å². The number of nitrogens with zero attached hydrogens (tertiary/aromatic N) is 3. The summed E-state index contributed by atoms with van der Waals surface area (Å²) in [4.78, 5) is 14.2. The van der Waals surface area contributed by atoms with Crippen LogP contribution >= 0.6 is 0 Å². The molecule has 2 rings (SSSR count). The smallest absolute Gasteiger partial charge is 0.317 e. The van der Waals surface area contributed by atoms with Crippen molar-refractivity contribution >= 4 is 16.1 Å². The molecule has 1 aromatic rings. The molecular weight excluding hydrogens is 318 g/mol. The number of carbonyl (C=O) groups is 1. The van der Waals surface area contributed by atoms with E-state index < -0.39 is 10.0 Å². The van der Waals surface area contributed by atoms with Crippen LogP contribution in [-0.2, 0) is 23.6 Å². The highest BCUT2D eigenvalue weighted by Crippen LogP contribution is 2.19. The largest absolute Gasteiger partial charge is 0.332 e. The second kappa shape index (κ2) is 7.78. The lowest BCUT2D eigenvalue weighted by molar-refractivity contribution is 0.146. The first-order valence-electron chi connectivity index (χ1n) is 7.83. The molecule has 0 saturated carbocycles. The molecule has 0 bridgehead atoms. The van der Waals surface area contributed by atoms with Gasteiger partial charge in [-0.25, -0.2) is 17.9 Å². The first-order chi connectivity index (χ1) is 10.9. The first-order valence-corrected chi connectivity index (χ1v) is 9.72. The molecule has 130 valence electrons. The van der Waals surface area contributed by atoms with Crippen LogP contribution in [0.3, 0.4) is 0 Å². The first kappa shape index (κ1) is 17.7. The molecule has 0 radical (unpaired) electrons. The molecule has 1 unspecified atom stereocenters. The number of aromatic nitrogens is 2. The Morgan fingerprint density at radius 3 is 2.87 bits per heavy atom. The number of aryl methyl sites for hydroxylation is 1. The van der Waals surface area contributed by atoms with Gasteiger partial charge in [0, 0.05) is 32.4 Å². The van der Waals surface area contributed by atoms with Crippen LogP contribution < -0.4 is 10.0 Å². The quantitative estimate of drug-likeness (QED) is 0.782. The summed E-state index contributed by atoms with van der Waals surface area (Å²) in [6, 6.07) is 1.84. The van der Waals surface area contributed by atoms with Crippen molar-refractivity contribution in [2.24, 2.45) is 7.05 Å². The maximum Gasteiger partial charge on any atom is 0.317 e. The summed E-state index contributed by atoms with van der Waals surface area (Å²) in [5, 5.41) is 6.99. The second-order valence-electron chi connectivity index (χ2n) is 5.90. The van der Waals surface area contributed by atoms with E-state index in [0.29, 0.717) is 26.1 Å². The van der Waals surface area contributed by atoms with E-state index in [-0.39, 0.29) is 12.1 Å². The number of sulfonamides is 1. The number of hydrogen-bond acceptors (Lipinski definition) is 4. The van der Waals surface area contributed by atoms with Crippen LogP contribution in [0.25, 0.3) is 0 Å². The number of urea groups is 1. The summed E-state index contributed by atoms with van der Waals surface area (Å²) in [5.41, 5.74) is 0.936. The van der Waals surface area contributed by atoms with Gasteiger partial charge in [0.2, 0.25) is 10.0 Å². The third kappa shape index (κ3) is 5.51. The maximum absolute atomic E-state index is 12.4. The monoisotopic (exact) mass is 343 g/mol. The number of carbonyl (C=O) groups excluding carboxylic acids is 1. The summed E-state index contributed by atoms with van der Waals surface area (Å²) < 4.78 is 26.5. The molecule has 0 aliphatic carbocycles. The van der Waals surface area contributed by atoms with Gasteiger partial charge in [-0.15, -0.1) is 0 Å². The summed E-state index contributed by atoms with van der Waals surface area (Å²) in [6.07, 6.45) is 6.43. The van der Waals surface area contributed by atoms with Gasteiger partial charge in [-0.3, -0.25) is 4.68 Å². The third-order valence-corrected chi connectivity index (χ3v) is 4.80. The minimum atomic E-state index is -3.19. The molecule has 1 aliphatic heterocycles. The van der Waals surface area contributed by atoms with Crippen LogP contribution in [-0.4, -0.2) is 54.5 Å². The Labute approximate surface area is 137 Å². The van der Waals surface area contributed by atoms with Crippen LogP contribution in [0.15, 0.2) is 12.3 Å². The zero-order chi connectivity index (χ0) is 16.9. The van der Waals surface area contributed by atoms with E-state index in [9.17, 15) is 13.2 Å². The molecule has 2 N–H and O–H groups in total. The number of likely N-dealkylation sites (tertiary alicyclic amines) is 1. The summed E-state index contributed by atoms with van der Waals surface area (Å²) in [5.74, 6) is 0. The molecule has 1 aromatic heterocycles. The summed E-state index contributed by atoms with van der Waals surface area (Å²) in [7, 11) is -1.35. The molecule has 0 aromatic carbocycles. The van der Waals surface area contributed by atoms with E-state index in [1.807, 2.05) is 18.0 Å². The topological polar surface area (TPSA) is 96.3 Å². The van der Waals surface area contributed by atoms with E-state index in [4.69, 9.17) is 0 Å². The Bertz CT molecular complexity index is 628. The highest BCUT2D eigenvalue weighted by Gasteiger charge is 2.26. The predicted molar refractivity (Wildman–Crippen MR) is 87.3 cm³/mol. The Hall–Kier alpha value is -1.61. The lowest BCUT2D eigenvalue weighted by atomic mass is 10.00. The van der Waals surface area contributed by atoms with Gasteiger partial charge >= 0.3 is 6.03 Å². The van der Waals surface area contributed by atoms with Crippen LogP contribution in [0.2, 0.25) is 0 Å². The molecule has 8 nitrogen and oxygen atoms in total. The van der Waals surface area contributed by atoms with Crippen molar-refractivity contribution in [1.82, 2.24) is 24.7 Å². The second-order valence-corrected chi connectivity index (χ2v) is 7.74. The number of piperidine rings is 1. The molecular formula is C14H25N5O3S. The van der Waals surface area contributed by atoms with Gasteiger partial charge in [0.15, 0.2) is 0 Å².